The first-order valence-corrected chi connectivity index (χ1v) is 10.3. The van der Waals surface area contributed by atoms with Gasteiger partial charge >= 0.3 is 0 Å². The summed E-state index contributed by atoms with van der Waals surface area (Å²) in [6.07, 6.45) is 2.06. The summed E-state index contributed by atoms with van der Waals surface area (Å²) in [6, 6.07) is 14.2. The molecule has 6 heteroatoms. The number of carbonyl (C=O) groups is 1. The number of hydrogen-bond donors (Lipinski definition) is 1. The van der Waals surface area contributed by atoms with Crippen LogP contribution in [0.5, 0.6) is 0 Å². The second kappa shape index (κ2) is 7.60. The lowest BCUT2D eigenvalue weighted by Crippen LogP contribution is -2.31. The molecule has 1 heterocycles. The fourth-order valence-corrected chi connectivity index (χ4v) is 5.07. The van der Waals surface area contributed by atoms with Gasteiger partial charge in [-0.1, -0.05) is 31.2 Å². The molecule has 0 unspecified atom stereocenters. The van der Waals surface area contributed by atoms with Crippen molar-refractivity contribution in [2.75, 3.05) is 11.9 Å². The van der Waals surface area contributed by atoms with Crippen LogP contribution in [0.4, 0.5) is 5.69 Å². The number of carbonyl (C=O) groups excluding carboxylic acids is 1. The molecule has 2 aromatic rings. The third kappa shape index (κ3) is 3.66. The number of nitrogens with one attached hydrogen (secondary N) is 1. The minimum Gasteiger partial charge on any atom is -0.326 e. The van der Waals surface area contributed by atoms with E-state index in [9.17, 15) is 13.2 Å². The summed E-state index contributed by atoms with van der Waals surface area (Å²) in [5, 5.41) is 2.73. The lowest BCUT2D eigenvalue weighted by atomic mass is 10.0. The van der Waals surface area contributed by atoms with Gasteiger partial charge in [0.2, 0.25) is 15.9 Å². The standard InChI is InChI=1S/C20H24N2O3S/c1-3-20(23)21-16-10-12-17(13-11-16)26(24,25)22-14-6-9-19(22)18-8-5-4-7-15(18)2/h4-5,7-8,10-13,19H,3,6,9,14H2,1-2H3,(H,21,23)/t19-/m0/s1. The summed E-state index contributed by atoms with van der Waals surface area (Å²) in [7, 11) is -3.58. The minimum absolute atomic E-state index is 0.0974. The average Bonchev–Trinajstić information content (AvgIpc) is 3.13. The van der Waals surface area contributed by atoms with Crippen LogP contribution < -0.4 is 5.32 Å². The van der Waals surface area contributed by atoms with Crippen molar-refractivity contribution >= 4 is 21.6 Å². The van der Waals surface area contributed by atoms with Gasteiger partial charge < -0.3 is 5.32 Å². The van der Waals surface area contributed by atoms with Crippen LogP contribution in [-0.2, 0) is 14.8 Å². The van der Waals surface area contributed by atoms with Crippen molar-refractivity contribution in [1.82, 2.24) is 4.31 Å². The Balaban J connectivity index is 1.87. The molecule has 1 fully saturated rings. The molecule has 3 rings (SSSR count). The van der Waals surface area contributed by atoms with Crippen LogP contribution in [-0.4, -0.2) is 25.2 Å². The fourth-order valence-electron chi connectivity index (χ4n) is 3.39. The molecule has 1 atom stereocenters. The Hall–Kier alpha value is -2.18. The Morgan fingerprint density at radius 1 is 1.15 bits per heavy atom. The van der Waals surface area contributed by atoms with Gasteiger partial charge in [0.25, 0.3) is 0 Å². The summed E-state index contributed by atoms with van der Waals surface area (Å²) >= 11 is 0. The molecular weight excluding hydrogens is 348 g/mol. The number of amides is 1. The third-order valence-corrected chi connectivity index (χ3v) is 6.74. The molecule has 1 aliphatic heterocycles. The number of aryl methyl sites for hydroxylation is 1. The number of anilines is 1. The lowest BCUT2D eigenvalue weighted by Gasteiger charge is -2.25. The molecule has 0 radical (unpaired) electrons. The minimum atomic E-state index is -3.58. The number of benzene rings is 2. The topological polar surface area (TPSA) is 66.5 Å². The zero-order chi connectivity index (χ0) is 18.7. The largest absolute Gasteiger partial charge is 0.326 e. The molecule has 138 valence electrons. The van der Waals surface area contributed by atoms with E-state index in [1.807, 2.05) is 31.2 Å². The molecule has 1 N–H and O–H groups in total. The Morgan fingerprint density at radius 2 is 1.85 bits per heavy atom. The van der Waals surface area contributed by atoms with Crippen molar-refractivity contribution in [3.8, 4) is 0 Å². The summed E-state index contributed by atoms with van der Waals surface area (Å²) in [6.45, 7) is 4.31. The summed E-state index contributed by atoms with van der Waals surface area (Å²) in [4.78, 5) is 11.7. The van der Waals surface area contributed by atoms with Gasteiger partial charge in [-0.3, -0.25) is 4.79 Å². The normalized spacial score (nSPS) is 18.0. The smallest absolute Gasteiger partial charge is 0.243 e. The van der Waals surface area contributed by atoms with E-state index in [0.29, 0.717) is 18.7 Å². The monoisotopic (exact) mass is 372 g/mol. The Bertz CT molecular complexity index is 892. The Morgan fingerprint density at radius 3 is 2.50 bits per heavy atom. The molecular formula is C20H24N2O3S. The maximum Gasteiger partial charge on any atom is 0.243 e. The summed E-state index contributed by atoms with van der Waals surface area (Å²) in [5.41, 5.74) is 2.78. The summed E-state index contributed by atoms with van der Waals surface area (Å²) < 4.78 is 27.9. The van der Waals surface area contributed by atoms with E-state index in [4.69, 9.17) is 0 Å². The van der Waals surface area contributed by atoms with Gasteiger partial charge in [-0.05, 0) is 55.2 Å². The van der Waals surface area contributed by atoms with E-state index >= 15 is 0 Å². The highest BCUT2D eigenvalue weighted by Gasteiger charge is 2.36. The van der Waals surface area contributed by atoms with Gasteiger partial charge in [0.15, 0.2) is 0 Å². The first kappa shape index (κ1) is 18.6. The Labute approximate surface area is 155 Å². The quantitative estimate of drug-likeness (QED) is 0.866. The van der Waals surface area contributed by atoms with E-state index in [0.717, 1.165) is 24.0 Å². The maximum absolute atomic E-state index is 13.2. The zero-order valence-electron chi connectivity index (χ0n) is 15.1. The van der Waals surface area contributed by atoms with E-state index in [2.05, 4.69) is 5.32 Å². The average molecular weight is 372 g/mol. The number of hydrogen-bond acceptors (Lipinski definition) is 3. The highest BCUT2D eigenvalue weighted by atomic mass is 32.2. The number of sulfonamides is 1. The second-order valence-electron chi connectivity index (χ2n) is 6.56. The molecule has 2 aromatic carbocycles. The fraction of sp³-hybridized carbons (Fsp3) is 0.350. The van der Waals surface area contributed by atoms with Crippen molar-refractivity contribution in [3.05, 3.63) is 59.7 Å². The van der Waals surface area contributed by atoms with Gasteiger partial charge in [0.1, 0.15) is 0 Å². The van der Waals surface area contributed by atoms with Crippen molar-refractivity contribution < 1.29 is 13.2 Å². The molecule has 1 saturated heterocycles. The van der Waals surface area contributed by atoms with Crippen LogP contribution in [0.3, 0.4) is 0 Å². The molecule has 5 nitrogen and oxygen atoms in total. The van der Waals surface area contributed by atoms with E-state index < -0.39 is 10.0 Å². The van der Waals surface area contributed by atoms with E-state index in [1.165, 1.54) is 0 Å². The van der Waals surface area contributed by atoms with Crippen LogP contribution in [0.1, 0.15) is 43.4 Å². The molecule has 1 amide bonds. The first-order chi connectivity index (χ1) is 12.4. The van der Waals surface area contributed by atoms with Gasteiger partial charge in [-0.2, -0.15) is 4.31 Å². The SMILES string of the molecule is CCC(=O)Nc1ccc(S(=O)(=O)N2CCC[C@H]2c2ccccc2C)cc1. The van der Waals surface area contributed by atoms with Gasteiger partial charge in [-0.15, -0.1) is 0 Å². The van der Waals surface area contributed by atoms with Crippen LogP contribution in [0.15, 0.2) is 53.4 Å². The molecule has 0 aliphatic carbocycles. The maximum atomic E-state index is 13.2. The second-order valence-corrected chi connectivity index (χ2v) is 8.45. The Kier molecular flexibility index (Phi) is 5.44. The molecule has 0 bridgehead atoms. The van der Waals surface area contributed by atoms with Gasteiger partial charge in [-0.25, -0.2) is 8.42 Å². The molecule has 0 aromatic heterocycles. The van der Waals surface area contributed by atoms with Crippen molar-refractivity contribution in [3.63, 3.8) is 0 Å². The highest BCUT2D eigenvalue weighted by Crippen LogP contribution is 2.37. The van der Waals surface area contributed by atoms with Crippen molar-refractivity contribution in [2.24, 2.45) is 0 Å². The molecule has 0 spiro atoms. The van der Waals surface area contributed by atoms with Gasteiger partial charge in [0, 0.05) is 18.7 Å². The van der Waals surface area contributed by atoms with E-state index in [1.54, 1.807) is 35.5 Å². The van der Waals surface area contributed by atoms with Crippen LogP contribution in [0.2, 0.25) is 0 Å². The first-order valence-electron chi connectivity index (χ1n) is 8.90. The van der Waals surface area contributed by atoms with Crippen molar-refractivity contribution in [1.29, 1.82) is 0 Å². The van der Waals surface area contributed by atoms with E-state index in [-0.39, 0.29) is 16.8 Å². The predicted octanol–water partition coefficient (Wildman–Crippen LogP) is 3.87. The number of nitrogens with zero attached hydrogens (tertiary/aromatic N) is 1. The van der Waals surface area contributed by atoms with Crippen molar-refractivity contribution in [2.45, 2.75) is 44.0 Å². The lowest BCUT2D eigenvalue weighted by molar-refractivity contribution is -0.115. The third-order valence-electron chi connectivity index (χ3n) is 4.82. The van der Waals surface area contributed by atoms with Crippen LogP contribution in [0, 0.1) is 6.92 Å². The molecule has 0 saturated carbocycles. The number of rotatable bonds is 5. The summed E-state index contributed by atoms with van der Waals surface area (Å²) in [5.74, 6) is -0.0974. The van der Waals surface area contributed by atoms with Crippen LogP contribution in [0.25, 0.3) is 0 Å². The van der Waals surface area contributed by atoms with Gasteiger partial charge in [0.05, 0.1) is 10.9 Å². The predicted molar refractivity (Wildman–Crippen MR) is 102 cm³/mol. The molecule has 1 aliphatic rings. The highest BCUT2D eigenvalue weighted by molar-refractivity contribution is 7.89. The zero-order valence-corrected chi connectivity index (χ0v) is 15.9. The molecule has 26 heavy (non-hydrogen) atoms. The van der Waals surface area contributed by atoms with Crippen LogP contribution >= 0.6 is 0 Å².